The number of rotatable bonds is 1. The highest BCUT2D eigenvalue weighted by atomic mass is 19.1. The summed E-state index contributed by atoms with van der Waals surface area (Å²) in [6.45, 7) is 7.16. The Hall–Kier alpha value is -1.71. The number of ether oxygens (including phenoxy) is 1. The van der Waals surface area contributed by atoms with Crippen LogP contribution in [-0.2, 0) is 14.9 Å². The maximum absolute atomic E-state index is 14.7. The Morgan fingerprint density at radius 2 is 2.05 bits per heavy atom. The van der Waals surface area contributed by atoms with Gasteiger partial charge in [0, 0.05) is 23.0 Å². The van der Waals surface area contributed by atoms with E-state index in [4.69, 9.17) is 4.74 Å². The van der Waals surface area contributed by atoms with Gasteiger partial charge >= 0.3 is 5.97 Å². The number of Topliss-reactive ketones (excluding diaryl/α,β-unsaturated/α-hetero) is 1. The molecule has 0 aromatic heterocycles. The molecule has 4 heteroatoms. The first-order chi connectivity index (χ1) is 10.2. The van der Waals surface area contributed by atoms with E-state index in [1.807, 2.05) is 20.8 Å². The summed E-state index contributed by atoms with van der Waals surface area (Å²) >= 11 is 0. The average molecular weight is 304 g/mol. The van der Waals surface area contributed by atoms with Crippen molar-refractivity contribution in [2.24, 2.45) is 5.92 Å². The molecule has 0 bridgehead atoms. The van der Waals surface area contributed by atoms with E-state index >= 15 is 0 Å². The van der Waals surface area contributed by atoms with Gasteiger partial charge < -0.3 is 4.74 Å². The molecule has 3 rings (SSSR count). The first-order valence-electron chi connectivity index (χ1n) is 7.71. The molecule has 0 heterocycles. The Kier molecular flexibility index (Phi) is 3.21. The van der Waals surface area contributed by atoms with Crippen LogP contribution in [0.4, 0.5) is 4.39 Å². The van der Waals surface area contributed by atoms with Crippen LogP contribution in [0.5, 0.6) is 0 Å². The monoisotopic (exact) mass is 304 g/mol. The van der Waals surface area contributed by atoms with Crippen LogP contribution in [0.15, 0.2) is 12.1 Å². The Bertz CT molecular complexity index is 672. The number of carbonyl (C=O) groups excluding carboxylic acids is 2. The largest absolute Gasteiger partial charge is 0.460 e. The lowest BCUT2D eigenvalue weighted by molar-refractivity contribution is -0.157. The predicted octanol–water partition coefficient (Wildman–Crippen LogP) is 3.71. The van der Waals surface area contributed by atoms with Gasteiger partial charge in [0.2, 0.25) is 0 Å². The number of esters is 1. The minimum absolute atomic E-state index is 0.0330. The molecule has 2 unspecified atom stereocenters. The summed E-state index contributed by atoms with van der Waals surface area (Å²) in [6.07, 6.45) is 1.47. The summed E-state index contributed by atoms with van der Waals surface area (Å²) in [5, 5.41) is 0. The van der Waals surface area contributed by atoms with Crippen LogP contribution in [0, 0.1) is 18.7 Å². The summed E-state index contributed by atoms with van der Waals surface area (Å²) in [5.41, 5.74) is 0.309. The van der Waals surface area contributed by atoms with E-state index < -0.39 is 11.0 Å². The second kappa shape index (κ2) is 4.64. The SMILES string of the molecule is Cc1ccc2c(c1F)C1(CCC2=O)CC1C(=O)OC(C)(C)C. The fourth-order valence-corrected chi connectivity index (χ4v) is 3.54. The number of benzene rings is 1. The van der Waals surface area contributed by atoms with Crippen molar-refractivity contribution in [1.29, 1.82) is 0 Å². The van der Waals surface area contributed by atoms with Gasteiger partial charge in [-0.2, -0.15) is 0 Å². The predicted molar refractivity (Wildman–Crippen MR) is 80.3 cm³/mol. The van der Waals surface area contributed by atoms with Crippen molar-refractivity contribution in [2.45, 2.75) is 58.0 Å². The summed E-state index contributed by atoms with van der Waals surface area (Å²) in [6, 6.07) is 3.33. The molecule has 0 saturated heterocycles. The normalized spacial score (nSPS) is 26.8. The first-order valence-corrected chi connectivity index (χ1v) is 7.71. The van der Waals surface area contributed by atoms with Crippen LogP contribution in [-0.4, -0.2) is 17.4 Å². The van der Waals surface area contributed by atoms with Gasteiger partial charge in [0.25, 0.3) is 0 Å². The average Bonchev–Trinajstić information content (AvgIpc) is 3.11. The Balaban J connectivity index is 1.99. The minimum atomic E-state index is -0.556. The lowest BCUT2D eigenvalue weighted by atomic mass is 9.77. The highest BCUT2D eigenvalue weighted by Crippen LogP contribution is 2.61. The standard InChI is InChI=1S/C18H21FO3/c1-10-5-6-11-13(20)7-8-18(14(11)15(10)19)9-12(18)16(21)22-17(2,3)4/h5-6,12H,7-9H2,1-4H3. The van der Waals surface area contributed by atoms with Crippen molar-refractivity contribution >= 4 is 11.8 Å². The second-order valence-corrected chi connectivity index (χ2v) is 7.49. The van der Waals surface area contributed by atoms with Crippen LogP contribution in [0.3, 0.4) is 0 Å². The summed E-state index contributed by atoms with van der Waals surface area (Å²) in [5.74, 6) is -0.991. The molecule has 1 spiro atoms. The van der Waals surface area contributed by atoms with Gasteiger partial charge in [-0.05, 0) is 46.1 Å². The lowest BCUT2D eigenvalue weighted by Gasteiger charge is -2.27. The zero-order valence-corrected chi connectivity index (χ0v) is 13.5. The molecule has 2 atom stereocenters. The van der Waals surface area contributed by atoms with Crippen molar-refractivity contribution in [3.8, 4) is 0 Å². The number of carbonyl (C=O) groups is 2. The van der Waals surface area contributed by atoms with Gasteiger partial charge in [0.05, 0.1) is 5.92 Å². The highest BCUT2D eigenvalue weighted by Gasteiger charge is 2.63. The number of ketones is 1. The molecule has 0 N–H and O–H groups in total. The van der Waals surface area contributed by atoms with Crippen LogP contribution in [0.25, 0.3) is 0 Å². The van der Waals surface area contributed by atoms with Gasteiger partial charge in [-0.3, -0.25) is 9.59 Å². The highest BCUT2D eigenvalue weighted by molar-refractivity contribution is 6.00. The van der Waals surface area contributed by atoms with Crippen molar-refractivity contribution in [3.05, 3.63) is 34.6 Å². The second-order valence-electron chi connectivity index (χ2n) is 7.49. The Morgan fingerprint density at radius 3 is 2.68 bits per heavy atom. The molecule has 0 radical (unpaired) electrons. The smallest absolute Gasteiger partial charge is 0.310 e. The zero-order chi connectivity index (χ0) is 16.3. The van der Waals surface area contributed by atoms with Gasteiger partial charge in [-0.15, -0.1) is 0 Å². The van der Waals surface area contributed by atoms with Gasteiger partial charge in [0.1, 0.15) is 11.4 Å². The van der Waals surface area contributed by atoms with Crippen molar-refractivity contribution < 1.29 is 18.7 Å². The number of fused-ring (bicyclic) bond motifs is 2. The molecule has 1 aromatic rings. The molecule has 3 nitrogen and oxygen atoms in total. The molecule has 118 valence electrons. The van der Waals surface area contributed by atoms with Crippen LogP contribution >= 0.6 is 0 Å². The topological polar surface area (TPSA) is 43.4 Å². The van der Waals surface area contributed by atoms with Crippen LogP contribution < -0.4 is 0 Å². The van der Waals surface area contributed by atoms with Crippen LogP contribution in [0.2, 0.25) is 0 Å². The molecular weight excluding hydrogens is 283 g/mol. The molecule has 1 aromatic carbocycles. The first kappa shape index (κ1) is 15.2. The molecule has 0 amide bonds. The zero-order valence-electron chi connectivity index (χ0n) is 13.5. The summed E-state index contributed by atoms with van der Waals surface area (Å²) in [7, 11) is 0. The van der Waals surface area contributed by atoms with Gasteiger partial charge in [0.15, 0.2) is 5.78 Å². The van der Waals surface area contributed by atoms with Gasteiger partial charge in [-0.25, -0.2) is 4.39 Å². The van der Waals surface area contributed by atoms with Crippen molar-refractivity contribution in [3.63, 3.8) is 0 Å². The minimum Gasteiger partial charge on any atom is -0.460 e. The quantitative estimate of drug-likeness (QED) is 0.743. The number of aryl methyl sites for hydroxylation is 1. The van der Waals surface area contributed by atoms with Gasteiger partial charge in [-0.1, -0.05) is 12.1 Å². The van der Waals surface area contributed by atoms with E-state index in [0.29, 0.717) is 36.0 Å². The Morgan fingerprint density at radius 1 is 1.36 bits per heavy atom. The van der Waals surface area contributed by atoms with Crippen molar-refractivity contribution in [2.75, 3.05) is 0 Å². The fourth-order valence-electron chi connectivity index (χ4n) is 3.54. The maximum atomic E-state index is 14.7. The van der Waals surface area contributed by atoms with Crippen LogP contribution in [0.1, 0.15) is 61.5 Å². The van der Waals surface area contributed by atoms with E-state index in [2.05, 4.69) is 0 Å². The van der Waals surface area contributed by atoms with E-state index in [0.717, 1.165) is 0 Å². The number of hydrogen-bond donors (Lipinski definition) is 0. The molecule has 2 aliphatic carbocycles. The van der Waals surface area contributed by atoms with Crippen molar-refractivity contribution in [1.82, 2.24) is 0 Å². The fraction of sp³-hybridized carbons (Fsp3) is 0.556. The third-order valence-corrected chi connectivity index (χ3v) is 4.70. The van der Waals surface area contributed by atoms with E-state index in [1.54, 1.807) is 19.1 Å². The third kappa shape index (κ3) is 2.25. The number of hydrogen-bond acceptors (Lipinski definition) is 3. The van der Waals surface area contributed by atoms with E-state index in [9.17, 15) is 14.0 Å². The third-order valence-electron chi connectivity index (χ3n) is 4.70. The lowest BCUT2D eigenvalue weighted by Crippen LogP contribution is -2.30. The molecule has 1 fully saturated rings. The maximum Gasteiger partial charge on any atom is 0.310 e. The van der Waals surface area contributed by atoms with E-state index in [-0.39, 0.29) is 23.5 Å². The molecule has 22 heavy (non-hydrogen) atoms. The molecule has 0 aliphatic heterocycles. The molecule has 2 aliphatic rings. The summed E-state index contributed by atoms with van der Waals surface area (Å²) < 4.78 is 20.1. The Labute approximate surface area is 129 Å². The number of halogens is 1. The molecular formula is C18H21FO3. The summed E-state index contributed by atoms with van der Waals surface area (Å²) in [4.78, 5) is 24.4. The van der Waals surface area contributed by atoms with E-state index in [1.165, 1.54) is 0 Å². The molecule has 1 saturated carbocycles.